The zero-order valence-corrected chi connectivity index (χ0v) is 21.8. The number of rotatable bonds is 6. The second kappa shape index (κ2) is 11.0. The van der Waals surface area contributed by atoms with Crippen molar-refractivity contribution in [3.63, 3.8) is 0 Å². The van der Waals surface area contributed by atoms with Crippen LogP contribution < -0.4 is 14.9 Å². The molecule has 0 aliphatic carbocycles. The summed E-state index contributed by atoms with van der Waals surface area (Å²) in [7, 11) is 1.38. The van der Waals surface area contributed by atoms with Crippen LogP contribution >= 0.6 is 0 Å². The van der Waals surface area contributed by atoms with Crippen LogP contribution in [-0.2, 0) is 9.47 Å². The van der Waals surface area contributed by atoms with Crippen molar-refractivity contribution < 1.29 is 53.7 Å². The van der Waals surface area contributed by atoms with E-state index in [1.54, 1.807) is 18.2 Å². The van der Waals surface area contributed by atoms with Gasteiger partial charge in [-0.05, 0) is 43.3 Å². The van der Waals surface area contributed by atoms with Crippen LogP contribution in [0.4, 0.5) is 0 Å². The fraction of sp³-hybridized carbons (Fsp3) is 0.241. The first-order valence-electron chi connectivity index (χ1n) is 12.4. The molecule has 1 aromatic heterocycles. The first-order chi connectivity index (χ1) is 19.6. The van der Waals surface area contributed by atoms with Gasteiger partial charge in [-0.25, -0.2) is 4.79 Å². The minimum Gasteiger partial charge on any atom is -0.508 e. The summed E-state index contributed by atoms with van der Waals surface area (Å²) in [5.41, 5.74) is -0.720. The topological polar surface area (TPSA) is 185 Å². The molecular formula is C29H26O12. The average Bonchev–Trinajstić information content (AvgIpc) is 2.96. The number of ether oxygens (including phenoxy) is 4. The van der Waals surface area contributed by atoms with Crippen LogP contribution in [0.1, 0.15) is 17.3 Å². The highest BCUT2D eigenvalue weighted by Crippen LogP contribution is 2.37. The fourth-order valence-electron chi connectivity index (χ4n) is 4.51. The van der Waals surface area contributed by atoms with Gasteiger partial charge >= 0.3 is 5.97 Å². The van der Waals surface area contributed by atoms with Crippen LogP contribution in [-0.4, -0.2) is 69.3 Å². The molecule has 0 radical (unpaired) electrons. The second-order valence-corrected chi connectivity index (χ2v) is 9.35. The van der Waals surface area contributed by atoms with Crippen LogP contribution in [0.5, 0.6) is 28.7 Å². The number of esters is 1. The molecule has 5 atom stereocenters. The highest BCUT2D eigenvalue weighted by atomic mass is 16.7. The lowest BCUT2D eigenvalue weighted by Crippen LogP contribution is -2.59. The van der Waals surface area contributed by atoms with Crippen LogP contribution in [0.15, 0.2) is 69.9 Å². The van der Waals surface area contributed by atoms with Gasteiger partial charge in [0.1, 0.15) is 45.6 Å². The van der Waals surface area contributed by atoms with Gasteiger partial charge in [-0.3, -0.25) is 4.79 Å². The van der Waals surface area contributed by atoms with E-state index >= 15 is 0 Å². The van der Waals surface area contributed by atoms with E-state index in [0.29, 0.717) is 0 Å². The van der Waals surface area contributed by atoms with E-state index in [0.717, 1.165) is 6.07 Å². The van der Waals surface area contributed by atoms with Crippen molar-refractivity contribution in [2.45, 2.75) is 37.6 Å². The van der Waals surface area contributed by atoms with Gasteiger partial charge in [0.05, 0.1) is 13.2 Å². The van der Waals surface area contributed by atoms with Crippen molar-refractivity contribution in [2.24, 2.45) is 0 Å². The maximum atomic E-state index is 12.9. The molecular weight excluding hydrogens is 540 g/mol. The lowest BCUT2D eigenvalue weighted by atomic mass is 9.99. The summed E-state index contributed by atoms with van der Waals surface area (Å²) in [6, 6.07) is 14.1. The summed E-state index contributed by atoms with van der Waals surface area (Å²) >= 11 is 0. The molecule has 4 aromatic rings. The van der Waals surface area contributed by atoms with E-state index in [4.69, 9.17) is 23.4 Å². The molecule has 41 heavy (non-hydrogen) atoms. The molecule has 1 saturated heterocycles. The van der Waals surface area contributed by atoms with Crippen molar-refractivity contribution in [1.29, 1.82) is 0 Å². The van der Waals surface area contributed by atoms with Gasteiger partial charge in [-0.15, -0.1) is 0 Å². The van der Waals surface area contributed by atoms with Gasteiger partial charge in [-0.2, -0.15) is 0 Å². The SMILES string of the molecule is COc1ccccc1C(=O)OC1C(O)C(C)OC(Oc2cc(O)c3c(=O)c(O)c(-c4ccc(O)cc4)oc3c2)C1O. The quantitative estimate of drug-likeness (QED) is 0.215. The van der Waals surface area contributed by atoms with E-state index in [1.807, 2.05) is 0 Å². The number of phenolic OH excluding ortho intramolecular Hbond substituents is 2. The number of carbonyl (C=O) groups is 1. The maximum Gasteiger partial charge on any atom is 0.342 e. The number of aliphatic hydroxyl groups excluding tert-OH is 2. The zero-order chi connectivity index (χ0) is 29.4. The first-order valence-corrected chi connectivity index (χ1v) is 12.4. The number of phenols is 2. The van der Waals surface area contributed by atoms with Crippen molar-refractivity contribution in [3.05, 3.63) is 76.5 Å². The molecule has 1 fully saturated rings. The second-order valence-electron chi connectivity index (χ2n) is 9.35. The average molecular weight is 567 g/mol. The van der Waals surface area contributed by atoms with Gasteiger partial charge < -0.3 is 48.9 Å². The van der Waals surface area contributed by atoms with E-state index in [2.05, 4.69) is 0 Å². The Kier molecular flexibility index (Phi) is 7.45. The largest absolute Gasteiger partial charge is 0.508 e. The number of benzene rings is 3. The predicted octanol–water partition coefficient (Wildman–Crippen LogP) is 2.66. The Bertz CT molecular complexity index is 1640. The number of aliphatic hydroxyl groups is 2. The predicted molar refractivity (Wildman–Crippen MR) is 142 cm³/mol. The normalized spacial score (nSPS) is 22.3. The number of aromatic hydroxyl groups is 3. The molecule has 12 nitrogen and oxygen atoms in total. The minimum absolute atomic E-state index is 0.0398. The molecule has 0 saturated carbocycles. The Morgan fingerprint density at radius 2 is 1.66 bits per heavy atom. The molecule has 0 amide bonds. The zero-order valence-electron chi connectivity index (χ0n) is 21.8. The van der Waals surface area contributed by atoms with Crippen LogP contribution in [0.2, 0.25) is 0 Å². The van der Waals surface area contributed by atoms with E-state index in [9.17, 15) is 35.1 Å². The van der Waals surface area contributed by atoms with Crippen LogP contribution in [0.25, 0.3) is 22.3 Å². The van der Waals surface area contributed by atoms with E-state index in [-0.39, 0.29) is 45.1 Å². The monoisotopic (exact) mass is 566 g/mol. The van der Waals surface area contributed by atoms with E-state index < -0.39 is 53.6 Å². The number of hydrogen-bond acceptors (Lipinski definition) is 12. The Labute approximate surface area is 232 Å². The maximum absolute atomic E-state index is 12.9. The van der Waals surface area contributed by atoms with Gasteiger partial charge in [-0.1, -0.05) is 12.1 Å². The summed E-state index contributed by atoms with van der Waals surface area (Å²) in [5.74, 6) is -2.32. The van der Waals surface area contributed by atoms with Gasteiger partial charge in [0.25, 0.3) is 0 Å². The summed E-state index contributed by atoms with van der Waals surface area (Å²) in [6.45, 7) is 1.49. The third-order valence-electron chi connectivity index (χ3n) is 6.66. The van der Waals surface area contributed by atoms with Crippen molar-refractivity contribution in [3.8, 4) is 40.1 Å². The molecule has 0 spiro atoms. The molecule has 5 N–H and O–H groups in total. The Balaban J connectivity index is 1.45. The lowest BCUT2D eigenvalue weighted by molar-refractivity contribution is -0.267. The standard InChI is InChI=1S/C29H26O12/c1-13-22(32)27(41-28(36)17-5-3-4-6-19(17)37-2)25(35)29(38-13)39-16-11-18(31)21-20(12-16)40-26(24(34)23(21)33)14-7-9-15(30)10-8-14/h3-13,22,25,27,29-32,34-35H,1-2H3. The van der Waals surface area contributed by atoms with Gasteiger partial charge in [0, 0.05) is 17.7 Å². The number of methoxy groups -OCH3 is 1. The molecule has 214 valence electrons. The van der Waals surface area contributed by atoms with Gasteiger partial charge in [0.15, 0.2) is 18.0 Å². The number of para-hydroxylation sites is 1. The molecule has 12 heteroatoms. The Morgan fingerprint density at radius 1 is 0.951 bits per heavy atom. The van der Waals surface area contributed by atoms with Crippen molar-refractivity contribution in [2.75, 3.05) is 7.11 Å². The smallest absolute Gasteiger partial charge is 0.342 e. The Morgan fingerprint density at radius 3 is 2.37 bits per heavy atom. The summed E-state index contributed by atoms with van der Waals surface area (Å²) in [4.78, 5) is 25.7. The van der Waals surface area contributed by atoms with Crippen LogP contribution in [0.3, 0.4) is 0 Å². The summed E-state index contributed by atoms with van der Waals surface area (Å²) in [5, 5.41) is 51.9. The first kappa shape index (κ1) is 27.8. The highest BCUT2D eigenvalue weighted by Gasteiger charge is 2.47. The summed E-state index contributed by atoms with van der Waals surface area (Å²) in [6.07, 6.45) is -7.00. The molecule has 0 bridgehead atoms. The molecule has 3 aromatic carbocycles. The van der Waals surface area contributed by atoms with Crippen LogP contribution in [0, 0.1) is 0 Å². The lowest BCUT2D eigenvalue weighted by Gasteiger charge is -2.40. The van der Waals surface area contributed by atoms with Gasteiger partial charge in [0.2, 0.25) is 17.5 Å². The minimum atomic E-state index is -1.68. The number of fused-ring (bicyclic) bond motifs is 1. The molecule has 1 aliphatic rings. The highest BCUT2D eigenvalue weighted by molar-refractivity contribution is 5.92. The summed E-state index contributed by atoms with van der Waals surface area (Å²) < 4.78 is 27.7. The third kappa shape index (κ3) is 5.23. The molecule has 5 unspecified atom stereocenters. The van der Waals surface area contributed by atoms with Crippen molar-refractivity contribution >= 4 is 16.9 Å². The number of carbonyl (C=O) groups excluding carboxylic acids is 1. The fourth-order valence-corrected chi connectivity index (χ4v) is 4.51. The molecule has 2 heterocycles. The van der Waals surface area contributed by atoms with Crippen molar-refractivity contribution in [1.82, 2.24) is 0 Å². The Hall–Kier alpha value is -4.78. The number of hydrogen-bond donors (Lipinski definition) is 5. The van der Waals surface area contributed by atoms with E-state index in [1.165, 1.54) is 50.4 Å². The molecule has 5 rings (SSSR count). The molecule has 1 aliphatic heterocycles. The third-order valence-corrected chi connectivity index (χ3v) is 6.66.